The van der Waals surface area contributed by atoms with Gasteiger partial charge in [-0.2, -0.15) is 5.10 Å². The van der Waals surface area contributed by atoms with Crippen LogP contribution in [-0.2, 0) is 0 Å². The number of nitrogens with one attached hydrogen (secondary N) is 2. The summed E-state index contributed by atoms with van der Waals surface area (Å²) < 4.78 is 7.52. The molecule has 2 N–H and O–H groups in total. The standard InChI is InChI=1S/C20H21N5O2/c26-20(18-10-12-25(24-18)16-5-4-11-21-14-16)23-15-8-9-19(22-13-15)27-17-6-2-1-3-7-17/h1-3,6-10,12-13,16,21H,4-5,11,14H2,(H,23,26). The van der Waals surface area contributed by atoms with E-state index in [9.17, 15) is 4.79 Å². The Balaban J connectivity index is 1.37. The van der Waals surface area contributed by atoms with E-state index < -0.39 is 0 Å². The third kappa shape index (κ3) is 4.32. The van der Waals surface area contributed by atoms with Crippen LogP contribution in [0.5, 0.6) is 11.6 Å². The molecule has 0 saturated carbocycles. The second-order valence-corrected chi connectivity index (χ2v) is 6.44. The molecule has 1 aromatic carbocycles. The molecule has 1 unspecified atom stereocenters. The van der Waals surface area contributed by atoms with Crippen molar-refractivity contribution in [2.24, 2.45) is 0 Å². The summed E-state index contributed by atoms with van der Waals surface area (Å²) in [5, 5.41) is 10.6. The van der Waals surface area contributed by atoms with Crippen LogP contribution in [0.1, 0.15) is 29.4 Å². The number of nitrogens with zero attached hydrogens (tertiary/aromatic N) is 3. The molecule has 2 aromatic heterocycles. The first-order valence-corrected chi connectivity index (χ1v) is 9.04. The average molecular weight is 363 g/mol. The monoisotopic (exact) mass is 363 g/mol. The average Bonchev–Trinajstić information content (AvgIpc) is 3.21. The maximum Gasteiger partial charge on any atom is 0.276 e. The zero-order valence-corrected chi connectivity index (χ0v) is 14.8. The van der Waals surface area contributed by atoms with Gasteiger partial charge < -0.3 is 15.4 Å². The van der Waals surface area contributed by atoms with E-state index in [0.717, 1.165) is 25.9 Å². The fraction of sp³-hybridized carbons (Fsp3) is 0.250. The Morgan fingerprint density at radius 2 is 2.07 bits per heavy atom. The first-order valence-electron chi connectivity index (χ1n) is 9.04. The molecule has 138 valence electrons. The molecule has 0 aliphatic carbocycles. The van der Waals surface area contributed by atoms with Crippen molar-refractivity contribution in [2.75, 3.05) is 18.4 Å². The van der Waals surface area contributed by atoms with Crippen LogP contribution in [0.2, 0.25) is 0 Å². The van der Waals surface area contributed by atoms with Gasteiger partial charge in [-0.25, -0.2) is 4.98 Å². The number of anilines is 1. The summed E-state index contributed by atoms with van der Waals surface area (Å²) in [6, 6.07) is 14.9. The first kappa shape index (κ1) is 17.2. The number of piperidine rings is 1. The van der Waals surface area contributed by atoms with Crippen LogP contribution in [0, 0.1) is 0 Å². The SMILES string of the molecule is O=C(Nc1ccc(Oc2ccccc2)nc1)c1ccn(C2CCCNC2)n1. The molecule has 7 nitrogen and oxygen atoms in total. The predicted molar refractivity (Wildman–Crippen MR) is 102 cm³/mol. The highest BCUT2D eigenvalue weighted by molar-refractivity contribution is 6.02. The minimum atomic E-state index is -0.254. The number of aromatic nitrogens is 3. The van der Waals surface area contributed by atoms with Crippen molar-refractivity contribution in [3.8, 4) is 11.6 Å². The topological polar surface area (TPSA) is 81.1 Å². The van der Waals surface area contributed by atoms with Crippen molar-refractivity contribution in [1.29, 1.82) is 0 Å². The van der Waals surface area contributed by atoms with Gasteiger partial charge in [0.2, 0.25) is 5.88 Å². The second-order valence-electron chi connectivity index (χ2n) is 6.44. The minimum Gasteiger partial charge on any atom is -0.439 e. The van der Waals surface area contributed by atoms with E-state index in [4.69, 9.17) is 4.74 Å². The zero-order chi connectivity index (χ0) is 18.5. The van der Waals surface area contributed by atoms with Gasteiger partial charge in [-0.3, -0.25) is 9.48 Å². The number of benzene rings is 1. The first-order chi connectivity index (χ1) is 13.3. The van der Waals surface area contributed by atoms with Gasteiger partial charge in [-0.15, -0.1) is 0 Å². The summed E-state index contributed by atoms with van der Waals surface area (Å²) >= 11 is 0. The van der Waals surface area contributed by atoms with E-state index >= 15 is 0 Å². The van der Waals surface area contributed by atoms with Gasteiger partial charge in [0, 0.05) is 18.8 Å². The molecule has 4 rings (SSSR count). The van der Waals surface area contributed by atoms with E-state index in [0.29, 0.717) is 29.1 Å². The number of rotatable bonds is 5. The predicted octanol–water partition coefficient (Wildman–Crippen LogP) is 3.25. The summed E-state index contributed by atoms with van der Waals surface area (Å²) in [4.78, 5) is 16.7. The van der Waals surface area contributed by atoms with E-state index in [1.54, 1.807) is 24.4 Å². The molecular formula is C20H21N5O2. The summed E-state index contributed by atoms with van der Waals surface area (Å²) in [7, 11) is 0. The highest BCUT2D eigenvalue weighted by Crippen LogP contribution is 2.20. The molecule has 3 heterocycles. The molecule has 7 heteroatoms. The normalized spacial score (nSPS) is 16.7. The van der Waals surface area contributed by atoms with Crippen LogP contribution < -0.4 is 15.4 Å². The molecule has 27 heavy (non-hydrogen) atoms. The van der Waals surface area contributed by atoms with E-state index in [2.05, 4.69) is 20.7 Å². The smallest absolute Gasteiger partial charge is 0.276 e. The Hall–Kier alpha value is -3.19. The summed E-state index contributed by atoms with van der Waals surface area (Å²) in [5.41, 5.74) is 0.986. The maximum atomic E-state index is 12.4. The second kappa shape index (κ2) is 8.01. The Bertz CT molecular complexity index is 886. The number of hydrogen-bond acceptors (Lipinski definition) is 5. The number of carbonyl (C=O) groups is 1. The van der Waals surface area contributed by atoms with E-state index in [1.807, 2.05) is 41.2 Å². The van der Waals surface area contributed by atoms with Crippen LogP contribution in [-0.4, -0.2) is 33.8 Å². The van der Waals surface area contributed by atoms with Crippen LogP contribution in [0.4, 0.5) is 5.69 Å². The number of pyridine rings is 1. The van der Waals surface area contributed by atoms with Gasteiger partial charge >= 0.3 is 0 Å². The highest BCUT2D eigenvalue weighted by atomic mass is 16.5. The Labute approximate surface area is 157 Å². The van der Waals surface area contributed by atoms with Gasteiger partial charge in [0.25, 0.3) is 5.91 Å². The lowest BCUT2D eigenvalue weighted by Gasteiger charge is -2.22. The Kier molecular flexibility index (Phi) is 5.11. The van der Waals surface area contributed by atoms with Crippen LogP contribution in [0.15, 0.2) is 60.9 Å². The lowest BCUT2D eigenvalue weighted by Crippen LogP contribution is -2.32. The van der Waals surface area contributed by atoms with Crippen molar-refractivity contribution < 1.29 is 9.53 Å². The van der Waals surface area contributed by atoms with Crippen molar-refractivity contribution in [3.63, 3.8) is 0 Å². The Morgan fingerprint density at radius 3 is 2.81 bits per heavy atom. The third-order valence-corrected chi connectivity index (χ3v) is 4.45. The van der Waals surface area contributed by atoms with Gasteiger partial charge in [-0.1, -0.05) is 18.2 Å². The van der Waals surface area contributed by atoms with E-state index in [-0.39, 0.29) is 5.91 Å². The zero-order valence-electron chi connectivity index (χ0n) is 14.8. The van der Waals surface area contributed by atoms with Crippen molar-refractivity contribution >= 4 is 11.6 Å². The number of carbonyl (C=O) groups excluding carboxylic acids is 1. The molecular weight excluding hydrogens is 342 g/mol. The van der Waals surface area contributed by atoms with Gasteiger partial charge in [0.15, 0.2) is 5.69 Å². The molecule has 1 saturated heterocycles. The molecule has 1 fully saturated rings. The summed E-state index contributed by atoms with van der Waals surface area (Å²) in [6.07, 6.45) is 5.62. The Morgan fingerprint density at radius 1 is 1.19 bits per heavy atom. The number of hydrogen-bond donors (Lipinski definition) is 2. The van der Waals surface area contributed by atoms with Gasteiger partial charge in [0.1, 0.15) is 5.75 Å². The van der Waals surface area contributed by atoms with Crippen LogP contribution in [0.25, 0.3) is 0 Å². The molecule has 0 radical (unpaired) electrons. The molecule has 1 aliphatic rings. The summed E-state index contributed by atoms with van der Waals surface area (Å²) in [6.45, 7) is 1.93. The van der Waals surface area contributed by atoms with Gasteiger partial charge in [-0.05, 0) is 43.7 Å². The van der Waals surface area contributed by atoms with Crippen molar-refractivity contribution in [2.45, 2.75) is 18.9 Å². The minimum absolute atomic E-state index is 0.254. The number of para-hydroxylation sites is 1. The van der Waals surface area contributed by atoms with Crippen molar-refractivity contribution in [1.82, 2.24) is 20.1 Å². The molecule has 0 bridgehead atoms. The lowest BCUT2D eigenvalue weighted by atomic mass is 10.1. The van der Waals surface area contributed by atoms with Crippen LogP contribution in [0.3, 0.4) is 0 Å². The number of amides is 1. The van der Waals surface area contributed by atoms with E-state index in [1.165, 1.54) is 0 Å². The summed E-state index contributed by atoms with van der Waals surface area (Å²) in [5.74, 6) is 0.925. The van der Waals surface area contributed by atoms with Crippen LogP contribution >= 0.6 is 0 Å². The largest absolute Gasteiger partial charge is 0.439 e. The third-order valence-electron chi connectivity index (χ3n) is 4.45. The molecule has 1 amide bonds. The molecule has 3 aromatic rings. The quantitative estimate of drug-likeness (QED) is 0.727. The molecule has 1 aliphatic heterocycles. The lowest BCUT2D eigenvalue weighted by molar-refractivity contribution is 0.102. The molecule has 0 spiro atoms. The maximum absolute atomic E-state index is 12.4. The fourth-order valence-corrected chi connectivity index (χ4v) is 3.04. The van der Waals surface area contributed by atoms with Crippen molar-refractivity contribution in [3.05, 3.63) is 66.6 Å². The highest BCUT2D eigenvalue weighted by Gasteiger charge is 2.17. The molecule has 1 atom stereocenters. The van der Waals surface area contributed by atoms with Gasteiger partial charge in [0.05, 0.1) is 17.9 Å². The fourth-order valence-electron chi connectivity index (χ4n) is 3.04. The number of ether oxygens (including phenoxy) is 1.